The summed E-state index contributed by atoms with van der Waals surface area (Å²) in [5, 5.41) is 4.23. The second-order valence-electron chi connectivity index (χ2n) is 3.42. The molecule has 0 aliphatic carbocycles. The number of nitrogens with two attached hydrogens (primary N) is 1. The highest BCUT2D eigenvalue weighted by Gasteiger charge is 2.02. The van der Waals surface area contributed by atoms with Crippen LogP contribution >= 0.6 is 15.9 Å². The van der Waals surface area contributed by atoms with E-state index < -0.39 is 0 Å². The molecule has 0 atom stereocenters. The molecule has 1 aromatic heterocycles. The summed E-state index contributed by atoms with van der Waals surface area (Å²) in [4.78, 5) is 0. The van der Waals surface area contributed by atoms with Crippen molar-refractivity contribution >= 4 is 21.6 Å². The number of halogens is 1. The van der Waals surface area contributed by atoms with Crippen LogP contribution in [0.15, 0.2) is 35.1 Å². The van der Waals surface area contributed by atoms with Gasteiger partial charge in [0, 0.05) is 6.20 Å². The maximum absolute atomic E-state index is 5.69. The van der Waals surface area contributed by atoms with Crippen LogP contribution < -0.4 is 10.5 Å². The topological polar surface area (TPSA) is 53.1 Å². The van der Waals surface area contributed by atoms with E-state index in [-0.39, 0.29) is 0 Å². The van der Waals surface area contributed by atoms with E-state index in [1.54, 1.807) is 18.0 Å². The maximum atomic E-state index is 5.69. The molecule has 0 saturated carbocycles. The third-order valence-electron chi connectivity index (χ3n) is 2.25. The van der Waals surface area contributed by atoms with Crippen LogP contribution in [0.4, 0.5) is 5.69 Å². The summed E-state index contributed by atoms with van der Waals surface area (Å²) in [6, 6.07) is 7.86. The zero-order chi connectivity index (χ0) is 11.5. The molecule has 0 spiro atoms. The number of hydrogen-bond acceptors (Lipinski definition) is 3. The Morgan fingerprint density at radius 1 is 1.38 bits per heavy atom. The van der Waals surface area contributed by atoms with Crippen molar-refractivity contribution < 1.29 is 4.74 Å². The second kappa shape index (κ2) is 4.57. The SMILES string of the molecule is COc1ccc(Cn2cc(N)c(Br)n2)cc1. The van der Waals surface area contributed by atoms with E-state index in [1.807, 2.05) is 24.3 Å². The molecule has 5 heteroatoms. The first-order chi connectivity index (χ1) is 7.69. The molecule has 0 aliphatic rings. The highest BCUT2D eigenvalue weighted by molar-refractivity contribution is 9.10. The van der Waals surface area contributed by atoms with Gasteiger partial charge in [-0.1, -0.05) is 12.1 Å². The van der Waals surface area contributed by atoms with Crippen LogP contribution in [0.25, 0.3) is 0 Å². The van der Waals surface area contributed by atoms with Gasteiger partial charge in [0.2, 0.25) is 0 Å². The van der Waals surface area contributed by atoms with Crippen LogP contribution in [-0.2, 0) is 6.54 Å². The molecule has 1 aromatic carbocycles. The molecule has 0 radical (unpaired) electrons. The summed E-state index contributed by atoms with van der Waals surface area (Å²) in [6.45, 7) is 0.694. The van der Waals surface area contributed by atoms with E-state index in [9.17, 15) is 0 Å². The lowest BCUT2D eigenvalue weighted by molar-refractivity contribution is 0.414. The minimum absolute atomic E-state index is 0.647. The first kappa shape index (κ1) is 11.0. The van der Waals surface area contributed by atoms with Crippen molar-refractivity contribution in [3.8, 4) is 5.75 Å². The van der Waals surface area contributed by atoms with Crippen molar-refractivity contribution in [3.05, 3.63) is 40.6 Å². The number of aromatic nitrogens is 2. The Balaban J connectivity index is 2.14. The average molecular weight is 282 g/mol. The van der Waals surface area contributed by atoms with Gasteiger partial charge in [-0.3, -0.25) is 4.68 Å². The molecule has 1 heterocycles. The highest BCUT2D eigenvalue weighted by atomic mass is 79.9. The lowest BCUT2D eigenvalue weighted by Gasteiger charge is -2.03. The van der Waals surface area contributed by atoms with Crippen molar-refractivity contribution in [2.75, 3.05) is 12.8 Å². The summed E-state index contributed by atoms with van der Waals surface area (Å²) in [6.07, 6.45) is 1.80. The van der Waals surface area contributed by atoms with Crippen molar-refractivity contribution in [1.29, 1.82) is 0 Å². The van der Waals surface area contributed by atoms with E-state index in [1.165, 1.54) is 0 Å². The number of ether oxygens (including phenoxy) is 1. The predicted molar refractivity (Wildman–Crippen MR) is 66.4 cm³/mol. The minimum Gasteiger partial charge on any atom is -0.497 e. The van der Waals surface area contributed by atoms with Gasteiger partial charge in [0.05, 0.1) is 19.3 Å². The lowest BCUT2D eigenvalue weighted by atomic mass is 10.2. The molecule has 0 fully saturated rings. The van der Waals surface area contributed by atoms with Crippen LogP contribution in [0.3, 0.4) is 0 Å². The zero-order valence-electron chi connectivity index (χ0n) is 8.85. The van der Waals surface area contributed by atoms with E-state index >= 15 is 0 Å². The Labute approximate surface area is 102 Å². The minimum atomic E-state index is 0.647. The number of methoxy groups -OCH3 is 1. The van der Waals surface area contributed by atoms with E-state index in [0.29, 0.717) is 16.8 Å². The molecule has 0 aliphatic heterocycles. The first-order valence-corrected chi connectivity index (χ1v) is 5.59. The monoisotopic (exact) mass is 281 g/mol. The fourth-order valence-electron chi connectivity index (χ4n) is 1.41. The number of benzene rings is 1. The van der Waals surface area contributed by atoms with E-state index in [2.05, 4.69) is 21.0 Å². The van der Waals surface area contributed by atoms with Gasteiger partial charge >= 0.3 is 0 Å². The molecule has 0 saturated heterocycles. The largest absolute Gasteiger partial charge is 0.497 e. The standard InChI is InChI=1S/C11H12BrN3O/c1-16-9-4-2-8(3-5-9)6-15-7-10(13)11(12)14-15/h2-5,7H,6,13H2,1H3. The quantitative estimate of drug-likeness (QED) is 0.939. The van der Waals surface area contributed by atoms with Crippen molar-refractivity contribution in [2.24, 2.45) is 0 Å². The van der Waals surface area contributed by atoms with Gasteiger partial charge in [0.15, 0.2) is 4.60 Å². The summed E-state index contributed by atoms with van der Waals surface area (Å²) in [7, 11) is 1.65. The Kier molecular flexibility index (Phi) is 3.14. The van der Waals surface area contributed by atoms with E-state index in [4.69, 9.17) is 10.5 Å². The first-order valence-electron chi connectivity index (χ1n) is 4.80. The van der Waals surface area contributed by atoms with Crippen LogP contribution in [0.1, 0.15) is 5.56 Å². The normalized spacial score (nSPS) is 10.4. The van der Waals surface area contributed by atoms with Crippen molar-refractivity contribution in [1.82, 2.24) is 9.78 Å². The van der Waals surface area contributed by atoms with Gasteiger partial charge in [-0.2, -0.15) is 5.10 Å². The van der Waals surface area contributed by atoms with Gasteiger partial charge < -0.3 is 10.5 Å². The van der Waals surface area contributed by atoms with Crippen LogP contribution in [0.5, 0.6) is 5.75 Å². The summed E-state index contributed by atoms with van der Waals surface area (Å²) >= 11 is 3.28. The third-order valence-corrected chi connectivity index (χ3v) is 2.86. The Hall–Kier alpha value is -1.49. The number of anilines is 1. The molecule has 4 nitrogen and oxygen atoms in total. The molecule has 0 unspecified atom stereocenters. The number of nitrogens with zero attached hydrogens (tertiary/aromatic N) is 2. The molecular weight excluding hydrogens is 270 g/mol. The van der Waals surface area contributed by atoms with Gasteiger partial charge in [0.25, 0.3) is 0 Å². The number of rotatable bonds is 3. The highest BCUT2D eigenvalue weighted by Crippen LogP contribution is 2.17. The fraction of sp³-hybridized carbons (Fsp3) is 0.182. The summed E-state index contributed by atoms with van der Waals surface area (Å²) < 4.78 is 7.57. The molecule has 84 valence electrons. The molecule has 2 rings (SSSR count). The Morgan fingerprint density at radius 2 is 2.06 bits per heavy atom. The van der Waals surface area contributed by atoms with Gasteiger partial charge in [-0.15, -0.1) is 0 Å². The molecule has 2 aromatic rings. The Bertz CT molecular complexity index is 459. The van der Waals surface area contributed by atoms with Gasteiger partial charge in [-0.05, 0) is 33.6 Å². The number of nitrogen functional groups attached to an aromatic ring is 1. The maximum Gasteiger partial charge on any atom is 0.151 e. The second-order valence-corrected chi connectivity index (χ2v) is 4.17. The third kappa shape index (κ3) is 2.36. The fourth-order valence-corrected chi connectivity index (χ4v) is 1.72. The smallest absolute Gasteiger partial charge is 0.151 e. The molecule has 2 N–H and O–H groups in total. The summed E-state index contributed by atoms with van der Waals surface area (Å²) in [5.74, 6) is 0.852. The van der Waals surface area contributed by atoms with E-state index in [0.717, 1.165) is 11.3 Å². The molecular formula is C11H12BrN3O. The van der Waals surface area contributed by atoms with Crippen LogP contribution in [0.2, 0.25) is 0 Å². The van der Waals surface area contributed by atoms with Gasteiger partial charge in [-0.25, -0.2) is 0 Å². The molecule has 16 heavy (non-hydrogen) atoms. The van der Waals surface area contributed by atoms with Gasteiger partial charge in [0.1, 0.15) is 5.75 Å². The molecule has 0 bridgehead atoms. The zero-order valence-corrected chi connectivity index (χ0v) is 10.4. The lowest BCUT2D eigenvalue weighted by Crippen LogP contribution is -1.99. The molecule has 0 amide bonds. The van der Waals surface area contributed by atoms with Crippen LogP contribution in [-0.4, -0.2) is 16.9 Å². The summed E-state index contributed by atoms with van der Waals surface area (Å²) in [5.41, 5.74) is 7.49. The average Bonchev–Trinajstić information content (AvgIpc) is 2.59. The van der Waals surface area contributed by atoms with Crippen molar-refractivity contribution in [3.63, 3.8) is 0 Å². The predicted octanol–water partition coefficient (Wildman–Crippen LogP) is 2.28. The van der Waals surface area contributed by atoms with Crippen LogP contribution in [0, 0.1) is 0 Å². The van der Waals surface area contributed by atoms with Crippen molar-refractivity contribution in [2.45, 2.75) is 6.54 Å². The number of hydrogen-bond donors (Lipinski definition) is 1. The Morgan fingerprint density at radius 3 is 2.56 bits per heavy atom.